The minimum absolute atomic E-state index is 0.00158. The summed E-state index contributed by atoms with van der Waals surface area (Å²) >= 11 is 0. The summed E-state index contributed by atoms with van der Waals surface area (Å²) in [7, 11) is 1.42. The number of methoxy groups -OCH3 is 1. The highest BCUT2D eigenvalue weighted by Gasteiger charge is 2.45. The van der Waals surface area contributed by atoms with Crippen LogP contribution in [0.1, 0.15) is 39.1 Å². The lowest BCUT2D eigenvalue weighted by Gasteiger charge is -2.39. The zero-order valence-corrected chi connectivity index (χ0v) is 15.4. The lowest BCUT2D eigenvalue weighted by Crippen LogP contribution is -2.54. The van der Waals surface area contributed by atoms with Crippen LogP contribution in [-0.4, -0.2) is 71.9 Å². The molecule has 8 heteroatoms. The molecule has 0 aliphatic carbocycles. The minimum atomic E-state index is -1.16. The van der Waals surface area contributed by atoms with Crippen LogP contribution in [-0.2, 0) is 14.3 Å². The Hall–Kier alpha value is -2.74. The number of carboxylic acids is 1. The minimum Gasteiger partial charge on any atom is -0.481 e. The van der Waals surface area contributed by atoms with Gasteiger partial charge in [-0.2, -0.15) is 0 Å². The molecule has 1 unspecified atom stereocenters. The number of carbonyl (C=O) groups excluding carboxylic acids is 3. The average Bonchev–Trinajstić information content (AvgIpc) is 2.86. The summed E-state index contributed by atoms with van der Waals surface area (Å²) in [6.07, 6.45) is 0.926. The summed E-state index contributed by atoms with van der Waals surface area (Å²) in [6.45, 7) is 1.81. The van der Waals surface area contributed by atoms with Gasteiger partial charge in [0.1, 0.15) is 12.0 Å². The number of rotatable bonds is 5. The van der Waals surface area contributed by atoms with Crippen LogP contribution >= 0.6 is 0 Å². The molecule has 2 aliphatic rings. The molecule has 1 aromatic rings. The van der Waals surface area contributed by atoms with Crippen LogP contribution < -0.4 is 0 Å². The van der Waals surface area contributed by atoms with Gasteiger partial charge in [0.2, 0.25) is 5.91 Å². The van der Waals surface area contributed by atoms with E-state index in [1.807, 2.05) is 6.92 Å². The molecule has 1 fully saturated rings. The molecule has 1 saturated heterocycles. The number of carboxylic acid groups (broad SMARTS) is 1. The molecule has 1 atom stereocenters. The van der Waals surface area contributed by atoms with E-state index in [1.165, 1.54) is 12.0 Å². The fourth-order valence-corrected chi connectivity index (χ4v) is 3.76. The summed E-state index contributed by atoms with van der Waals surface area (Å²) in [4.78, 5) is 51.8. The van der Waals surface area contributed by atoms with E-state index in [0.29, 0.717) is 24.9 Å². The highest BCUT2D eigenvalue weighted by atomic mass is 16.5. The summed E-state index contributed by atoms with van der Waals surface area (Å²) in [5.41, 5.74) is 0.272. The second kappa shape index (κ2) is 7.11. The van der Waals surface area contributed by atoms with E-state index in [-0.39, 0.29) is 18.7 Å². The maximum atomic E-state index is 12.7. The van der Waals surface area contributed by atoms with Crippen LogP contribution in [0.2, 0.25) is 0 Å². The lowest BCUT2D eigenvalue weighted by atomic mass is 9.80. The standard InChI is InChI=1S/C19H22N2O6/c1-12-4-5-13-14(8-12)17(24)21(16(13)23)9-15(22)20-7-3-6-19(10-20,11-27-2)18(25)26/h4-5,8H,3,6-7,9-11H2,1-2H3,(H,25,26). The molecule has 1 aromatic carbocycles. The number of hydrogen-bond acceptors (Lipinski definition) is 5. The summed E-state index contributed by atoms with van der Waals surface area (Å²) in [5, 5.41) is 9.60. The van der Waals surface area contributed by atoms with Crippen LogP contribution in [0.4, 0.5) is 0 Å². The lowest BCUT2D eigenvalue weighted by molar-refractivity contribution is -0.159. The maximum Gasteiger partial charge on any atom is 0.313 e. The summed E-state index contributed by atoms with van der Waals surface area (Å²) in [5.74, 6) is -2.45. The number of imide groups is 1. The molecule has 0 aromatic heterocycles. The Bertz CT molecular complexity index is 816. The van der Waals surface area contributed by atoms with Crippen LogP contribution in [0.15, 0.2) is 18.2 Å². The van der Waals surface area contributed by atoms with Gasteiger partial charge in [-0.3, -0.25) is 24.1 Å². The number of nitrogens with zero attached hydrogens (tertiary/aromatic N) is 2. The van der Waals surface area contributed by atoms with Crippen molar-refractivity contribution in [2.24, 2.45) is 5.41 Å². The molecular formula is C19H22N2O6. The van der Waals surface area contributed by atoms with E-state index in [2.05, 4.69) is 0 Å². The number of ether oxygens (including phenoxy) is 1. The first-order valence-electron chi connectivity index (χ1n) is 8.76. The van der Waals surface area contributed by atoms with E-state index in [0.717, 1.165) is 10.5 Å². The third-order valence-corrected chi connectivity index (χ3v) is 5.22. The first kappa shape index (κ1) is 19.0. The van der Waals surface area contributed by atoms with Gasteiger partial charge < -0.3 is 14.7 Å². The van der Waals surface area contributed by atoms with E-state index in [1.54, 1.807) is 18.2 Å². The zero-order chi connectivity index (χ0) is 19.8. The molecule has 2 aliphatic heterocycles. The third kappa shape index (κ3) is 3.32. The number of fused-ring (bicyclic) bond motifs is 1. The topological polar surface area (TPSA) is 104 Å². The summed E-state index contributed by atoms with van der Waals surface area (Å²) < 4.78 is 5.06. The van der Waals surface area contributed by atoms with Gasteiger partial charge in [-0.1, -0.05) is 11.6 Å². The monoisotopic (exact) mass is 374 g/mol. The van der Waals surface area contributed by atoms with E-state index >= 15 is 0 Å². The largest absolute Gasteiger partial charge is 0.481 e. The Labute approximate surface area is 156 Å². The highest BCUT2D eigenvalue weighted by Crippen LogP contribution is 2.31. The van der Waals surface area contributed by atoms with Crippen LogP contribution in [0.25, 0.3) is 0 Å². The quantitative estimate of drug-likeness (QED) is 0.769. The predicted molar refractivity (Wildman–Crippen MR) is 94.3 cm³/mol. The van der Waals surface area contributed by atoms with Gasteiger partial charge in [-0.15, -0.1) is 0 Å². The summed E-state index contributed by atoms with van der Waals surface area (Å²) in [6, 6.07) is 4.96. The third-order valence-electron chi connectivity index (χ3n) is 5.22. The van der Waals surface area contributed by atoms with Crippen LogP contribution in [0.5, 0.6) is 0 Å². The fourth-order valence-electron chi connectivity index (χ4n) is 3.76. The van der Waals surface area contributed by atoms with Gasteiger partial charge in [-0.25, -0.2) is 0 Å². The molecule has 3 amide bonds. The maximum absolute atomic E-state index is 12.7. The van der Waals surface area contributed by atoms with E-state index in [9.17, 15) is 24.3 Å². The Morgan fingerprint density at radius 3 is 2.59 bits per heavy atom. The second-order valence-electron chi connectivity index (χ2n) is 7.18. The predicted octanol–water partition coefficient (Wildman–Crippen LogP) is 0.931. The van der Waals surface area contributed by atoms with Gasteiger partial charge in [0, 0.05) is 20.2 Å². The molecule has 0 spiro atoms. The molecule has 8 nitrogen and oxygen atoms in total. The fraction of sp³-hybridized carbons (Fsp3) is 0.474. The van der Waals surface area contributed by atoms with Crippen molar-refractivity contribution >= 4 is 23.7 Å². The smallest absolute Gasteiger partial charge is 0.313 e. The Morgan fingerprint density at radius 2 is 1.93 bits per heavy atom. The molecule has 2 heterocycles. The number of likely N-dealkylation sites (tertiary alicyclic amines) is 1. The molecule has 0 bridgehead atoms. The average molecular weight is 374 g/mol. The van der Waals surface area contributed by atoms with Gasteiger partial charge in [0.25, 0.3) is 11.8 Å². The number of carbonyl (C=O) groups is 4. The molecule has 3 rings (SSSR count). The van der Waals surface area contributed by atoms with Crippen molar-refractivity contribution in [3.8, 4) is 0 Å². The number of hydrogen-bond donors (Lipinski definition) is 1. The van der Waals surface area contributed by atoms with Crippen molar-refractivity contribution in [2.75, 3.05) is 33.4 Å². The van der Waals surface area contributed by atoms with Crippen LogP contribution in [0, 0.1) is 12.3 Å². The SMILES string of the molecule is COCC1(C(=O)O)CCCN(C(=O)CN2C(=O)c3ccc(C)cc3C2=O)C1. The van der Waals surface area contributed by atoms with Gasteiger partial charge >= 0.3 is 5.97 Å². The first-order valence-corrected chi connectivity index (χ1v) is 8.76. The van der Waals surface area contributed by atoms with E-state index < -0.39 is 35.7 Å². The molecule has 1 N–H and O–H groups in total. The van der Waals surface area contributed by atoms with Gasteiger partial charge in [0.15, 0.2) is 0 Å². The number of aryl methyl sites for hydroxylation is 1. The second-order valence-corrected chi connectivity index (χ2v) is 7.18. The molecule has 0 radical (unpaired) electrons. The first-order chi connectivity index (χ1) is 12.8. The number of benzene rings is 1. The zero-order valence-electron chi connectivity index (χ0n) is 15.4. The molecule has 27 heavy (non-hydrogen) atoms. The normalized spacial score (nSPS) is 22.1. The van der Waals surface area contributed by atoms with Gasteiger partial charge in [0.05, 0.1) is 17.7 Å². The Kier molecular flexibility index (Phi) is 5.01. The van der Waals surface area contributed by atoms with Crippen molar-refractivity contribution < 1.29 is 29.0 Å². The van der Waals surface area contributed by atoms with Crippen molar-refractivity contribution in [3.63, 3.8) is 0 Å². The van der Waals surface area contributed by atoms with Crippen LogP contribution in [0.3, 0.4) is 0 Å². The number of piperidine rings is 1. The Balaban J connectivity index is 1.75. The van der Waals surface area contributed by atoms with Crippen molar-refractivity contribution in [3.05, 3.63) is 34.9 Å². The van der Waals surface area contributed by atoms with Crippen molar-refractivity contribution in [1.82, 2.24) is 9.80 Å². The van der Waals surface area contributed by atoms with Crippen molar-refractivity contribution in [2.45, 2.75) is 19.8 Å². The highest BCUT2D eigenvalue weighted by molar-refractivity contribution is 6.22. The number of amides is 3. The Morgan fingerprint density at radius 1 is 1.22 bits per heavy atom. The number of aliphatic carboxylic acids is 1. The van der Waals surface area contributed by atoms with Gasteiger partial charge in [-0.05, 0) is 31.9 Å². The molecular weight excluding hydrogens is 352 g/mol. The van der Waals surface area contributed by atoms with E-state index in [4.69, 9.17) is 4.74 Å². The molecule has 0 saturated carbocycles. The van der Waals surface area contributed by atoms with Crippen molar-refractivity contribution in [1.29, 1.82) is 0 Å². The molecule has 144 valence electrons.